The fourth-order valence-corrected chi connectivity index (χ4v) is 3.15. The zero-order valence-corrected chi connectivity index (χ0v) is 19.1. The van der Waals surface area contributed by atoms with Crippen molar-refractivity contribution in [2.75, 3.05) is 6.61 Å². The molecule has 0 fully saturated rings. The van der Waals surface area contributed by atoms with Gasteiger partial charge in [0.2, 0.25) is 0 Å². The van der Waals surface area contributed by atoms with Crippen molar-refractivity contribution in [3.8, 4) is 11.5 Å². The lowest BCUT2D eigenvalue weighted by atomic mass is 10.1. The molecular formula is C24H20BrF3N2O3. The van der Waals surface area contributed by atoms with Crippen LogP contribution in [0.5, 0.6) is 11.5 Å². The first-order valence-electron chi connectivity index (χ1n) is 9.91. The van der Waals surface area contributed by atoms with E-state index >= 15 is 0 Å². The van der Waals surface area contributed by atoms with Crippen LogP contribution in [0.25, 0.3) is 0 Å². The SMILES string of the molecule is CCOc1cc(/C=N\NC(=O)c2ccccc2C(F)(F)F)ccc1OCc1ccc(Br)cc1. The number of carbonyl (C=O) groups is 1. The van der Waals surface area contributed by atoms with E-state index in [0.717, 1.165) is 22.2 Å². The van der Waals surface area contributed by atoms with Gasteiger partial charge in [-0.05, 0) is 60.5 Å². The number of benzene rings is 3. The third-order valence-corrected chi connectivity index (χ3v) is 4.96. The number of nitrogens with zero attached hydrogens (tertiary/aromatic N) is 1. The molecule has 3 aromatic rings. The van der Waals surface area contributed by atoms with Crippen LogP contribution < -0.4 is 14.9 Å². The summed E-state index contributed by atoms with van der Waals surface area (Å²) in [4.78, 5) is 12.2. The van der Waals surface area contributed by atoms with Gasteiger partial charge in [-0.15, -0.1) is 0 Å². The summed E-state index contributed by atoms with van der Waals surface area (Å²) in [6, 6.07) is 17.3. The number of hydrogen-bond donors (Lipinski definition) is 1. The molecule has 0 unspecified atom stereocenters. The smallest absolute Gasteiger partial charge is 0.417 e. The number of halogens is 4. The summed E-state index contributed by atoms with van der Waals surface area (Å²) in [6.07, 6.45) is -3.33. The molecular weight excluding hydrogens is 501 g/mol. The highest BCUT2D eigenvalue weighted by atomic mass is 79.9. The van der Waals surface area contributed by atoms with Gasteiger partial charge >= 0.3 is 6.18 Å². The topological polar surface area (TPSA) is 59.9 Å². The third-order valence-electron chi connectivity index (χ3n) is 4.43. The van der Waals surface area contributed by atoms with E-state index in [0.29, 0.717) is 30.3 Å². The average Bonchev–Trinajstić information content (AvgIpc) is 2.79. The highest BCUT2D eigenvalue weighted by molar-refractivity contribution is 9.10. The van der Waals surface area contributed by atoms with Crippen molar-refractivity contribution in [2.45, 2.75) is 19.7 Å². The van der Waals surface area contributed by atoms with Crippen molar-refractivity contribution in [2.24, 2.45) is 5.10 Å². The third kappa shape index (κ3) is 6.82. The van der Waals surface area contributed by atoms with Crippen molar-refractivity contribution < 1.29 is 27.4 Å². The zero-order valence-electron chi connectivity index (χ0n) is 17.5. The monoisotopic (exact) mass is 520 g/mol. The summed E-state index contributed by atoms with van der Waals surface area (Å²) in [6.45, 7) is 2.58. The van der Waals surface area contributed by atoms with E-state index in [1.165, 1.54) is 18.3 Å². The molecule has 0 atom stereocenters. The number of hydrazone groups is 1. The van der Waals surface area contributed by atoms with E-state index in [1.54, 1.807) is 18.2 Å². The second-order valence-corrected chi connectivity index (χ2v) is 7.71. The van der Waals surface area contributed by atoms with Gasteiger partial charge in [-0.3, -0.25) is 4.79 Å². The molecule has 9 heteroatoms. The normalized spacial score (nSPS) is 11.4. The number of rotatable bonds is 8. The summed E-state index contributed by atoms with van der Waals surface area (Å²) in [5.41, 5.74) is 2.15. The second kappa shape index (κ2) is 11.0. The predicted octanol–water partition coefficient (Wildman–Crippen LogP) is 6.21. The van der Waals surface area contributed by atoms with E-state index in [1.807, 2.05) is 31.2 Å². The van der Waals surface area contributed by atoms with Crippen LogP contribution in [0.1, 0.15) is 34.0 Å². The van der Waals surface area contributed by atoms with Crippen molar-refractivity contribution in [3.05, 3.63) is 93.5 Å². The van der Waals surface area contributed by atoms with Crippen molar-refractivity contribution in [1.82, 2.24) is 5.43 Å². The molecule has 0 heterocycles. The first-order chi connectivity index (χ1) is 15.8. The van der Waals surface area contributed by atoms with Gasteiger partial charge in [0.15, 0.2) is 11.5 Å². The number of nitrogens with one attached hydrogen (secondary N) is 1. The molecule has 0 saturated carbocycles. The minimum absolute atomic E-state index is 0.343. The quantitative estimate of drug-likeness (QED) is 0.283. The Balaban J connectivity index is 1.69. The van der Waals surface area contributed by atoms with E-state index in [2.05, 4.69) is 26.5 Å². The summed E-state index contributed by atoms with van der Waals surface area (Å²) in [7, 11) is 0. The summed E-state index contributed by atoms with van der Waals surface area (Å²) < 4.78 is 51.7. The van der Waals surface area contributed by atoms with Crippen LogP contribution in [-0.2, 0) is 12.8 Å². The Morgan fingerprint density at radius 2 is 1.76 bits per heavy atom. The molecule has 0 bridgehead atoms. The largest absolute Gasteiger partial charge is 0.490 e. The van der Waals surface area contributed by atoms with Crippen molar-refractivity contribution in [1.29, 1.82) is 0 Å². The number of ether oxygens (including phenoxy) is 2. The number of amides is 1. The van der Waals surface area contributed by atoms with Crippen LogP contribution in [-0.4, -0.2) is 18.7 Å². The standard InChI is InChI=1S/C24H20BrF3N2O3/c1-2-32-22-13-17(9-12-21(22)33-15-16-7-10-18(25)11-8-16)14-29-30-23(31)19-5-3-4-6-20(19)24(26,27)28/h3-14H,2,15H2,1H3,(H,30,31)/b29-14-. The highest BCUT2D eigenvalue weighted by Crippen LogP contribution is 2.32. The Morgan fingerprint density at radius 3 is 2.45 bits per heavy atom. The molecule has 1 amide bonds. The fraction of sp³-hybridized carbons (Fsp3) is 0.167. The van der Waals surface area contributed by atoms with Crippen molar-refractivity contribution in [3.63, 3.8) is 0 Å². The predicted molar refractivity (Wildman–Crippen MR) is 123 cm³/mol. The zero-order chi connectivity index (χ0) is 23.8. The molecule has 0 aromatic heterocycles. The Kier molecular flexibility index (Phi) is 8.11. The molecule has 5 nitrogen and oxygen atoms in total. The number of hydrogen-bond acceptors (Lipinski definition) is 4. The Labute approximate surface area is 197 Å². The molecule has 0 saturated heterocycles. The minimum Gasteiger partial charge on any atom is -0.490 e. The van der Waals surface area contributed by atoms with Gasteiger partial charge in [-0.2, -0.15) is 18.3 Å². The lowest BCUT2D eigenvalue weighted by Gasteiger charge is -2.13. The first-order valence-corrected chi connectivity index (χ1v) is 10.7. The minimum atomic E-state index is -4.64. The van der Waals surface area contributed by atoms with Gasteiger partial charge in [0.25, 0.3) is 5.91 Å². The molecule has 33 heavy (non-hydrogen) atoms. The molecule has 3 rings (SSSR count). The first kappa shape index (κ1) is 24.3. The van der Waals surface area contributed by atoms with Crippen LogP contribution in [0, 0.1) is 0 Å². The lowest BCUT2D eigenvalue weighted by molar-refractivity contribution is -0.137. The van der Waals surface area contributed by atoms with Gasteiger partial charge in [0.05, 0.1) is 23.9 Å². The fourth-order valence-electron chi connectivity index (χ4n) is 2.89. The van der Waals surface area contributed by atoms with Crippen LogP contribution >= 0.6 is 15.9 Å². The Morgan fingerprint density at radius 1 is 1.03 bits per heavy atom. The average molecular weight is 521 g/mol. The van der Waals surface area contributed by atoms with Crippen LogP contribution in [0.15, 0.2) is 76.3 Å². The summed E-state index contributed by atoms with van der Waals surface area (Å²) in [5, 5.41) is 3.78. The summed E-state index contributed by atoms with van der Waals surface area (Å²) >= 11 is 3.39. The second-order valence-electron chi connectivity index (χ2n) is 6.80. The van der Waals surface area contributed by atoms with E-state index < -0.39 is 23.2 Å². The van der Waals surface area contributed by atoms with Gasteiger partial charge in [-0.1, -0.05) is 40.2 Å². The molecule has 3 aromatic carbocycles. The Bertz CT molecular complexity index is 1130. The molecule has 0 spiro atoms. The molecule has 0 aliphatic heterocycles. The maximum absolute atomic E-state index is 13.1. The van der Waals surface area contributed by atoms with E-state index in [-0.39, 0.29) is 0 Å². The lowest BCUT2D eigenvalue weighted by Crippen LogP contribution is -2.22. The molecule has 0 aliphatic carbocycles. The van der Waals surface area contributed by atoms with Crippen LogP contribution in [0.2, 0.25) is 0 Å². The number of carbonyl (C=O) groups excluding carboxylic acids is 1. The van der Waals surface area contributed by atoms with Gasteiger partial charge in [0, 0.05) is 4.47 Å². The van der Waals surface area contributed by atoms with Gasteiger partial charge in [-0.25, -0.2) is 5.43 Å². The molecule has 172 valence electrons. The molecule has 1 N–H and O–H groups in total. The van der Waals surface area contributed by atoms with Crippen molar-refractivity contribution >= 4 is 28.1 Å². The highest BCUT2D eigenvalue weighted by Gasteiger charge is 2.34. The maximum atomic E-state index is 13.1. The molecule has 0 radical (unpaired) electrons. The van der Waals surface area contributed by atoms with Gasteiger partial charge in [0.1, 0.15) is 6.61 Å². The van der Waals surface area contributed by atoms with Crippen LogP contribution in [0.3, 0.4) is 0 Å². The maximum Gasteiger partial charge on any atom is 0.417 e. The number of alkyl halides is 3. The summed E-state index contributed by atoms with van der Waals surface area (Å²) in [5.74, 6) is 0.0472. The van der Waals surface area contributed by atoms with E-state index in [4.69, 9.17) is 9.47 Å². The van der Waals surface area contributed by atoms with E-state index in [9.17, 15) is 18.0 Å². The van der Waals surface area contributed by atoms with Gasteiger partial charge < -0.3 is 9.47 Å². The van der Waals surface area contributed by atoms with Crippen LogP contribution in [0.4, 0.5) is 13.2 Å². The molecule has 0 aliphatic rings. The Hall–Kier alpha value is -3.33.